The summed E-state index contributed by atoms with van der Waals surface area (Å²) in [6, 6.07) is 3.27. The third kappa shape index (κ3) is 3.84. The minimum absolute atomic E-state index is 0.0819. The van der Waals surface area contributed by atoms with Gasteiger partial charge < -0.3 is 23.8 Å². The second-order valence-corrected chi connectivity index (χ2v) is 6.80. The Balaban J connectivity index is 1.72. The molecule has 27 heavy (non-hydrogen) atoms. The summed E-state index contributed by atoms with van der Waals surface area (Å²) in [7, 11) is 3.00. The number of amides is 1. The van der Waals surface area contributed by atoms with Crippen molar-refractivity contribution in [3.05, 3.63) is 23.3 Å². The summed E-state index contributed by atoms with van der Waals surface area (Å²) in [6.07, 6.45) is 0.510. The predicted molar refractivity (Wildman–Crippen MR) is 94.2 cm³/mol. The first-order valence-corrected chi connectivity index (χ1v) is 8.77. The zero-order chi connectivity index (χ0) is 19.6. The van der Waals surface area contributed by atoms with E-state index in [0.717, 1.165) is 0 Å². The molecule has 2 aliphatic heterocycles. The molecule has 8 nitrogen and oxygen atoms in total. The van der Waals surface area contributed by atoms with E-state index in [9.17, 15) is 14.4 Å². The molecule has 2 heterocycles. The molecule has 2 fully saturated rings. The molecule has 0 radical (unpaired) electrons. The number of Topliss-reactive ketones (excluding diaryl/α,β-unsaturated/α-hetero) is 1. The van der Waals surface area contributed by atoms with Gasteiger partial charge in [0.2, 0.25) is 5.91 Å². The number of ether oxygens (including phenoxy) is 4. The smallest absolute Gasteiger partial charge is 0.493 e. The van der Waals surface area contributed by atoms with E-state index in [-0.39, 0.29) is 24.7 Å². The highest BCUT2D eigenvalue weighted by Crippen LogP contribution is 2.33. The van der Waals surface area contributed by atoms with Gasteiger partial charge in [0.15, 0.2) is 22.9 Å². The minimum Gasteiger partial charge on any atom is -0.493 e. The fourth-order valence-electron chi connectivity index (χ4n) is 3.51. The van der Waals surface area contributed by atoms with Gasteiger partial charge in [-0.25, -0.2) is 4.79 Å². The molecule has 0 bridgehead atoms. The maximum absolute atomic E-state index is 12.8. The maximum atomic E-state index is 12.8. The van der Waals surface area contributed by atoms with Gasteiger partial charge in [-0.1, -0.05) is 0 Å². The van der Waals surface area contributed by atoms with E-state index in [2.05, 4.69) is 0 Å². The van der Waals surface area contributed by atoms with E-state index in [0.29, 0.717) is 48.6 Å². The Bertz CT molecular complexity index is 766. The summed E-state index contributed by atoms with van der Waals surface area (Å²) in [6.45, 7) is 2.63. The Hall–Kier alpha value is -2.77. The first-order valence-electron chi connectivity index (χ1n) is 8.77. The normalized spacial score (nSPS) is 18.0. The third-order valence-corrected chi connectivity index (χ3v) is 5.11. The van der Waals surface area contributed by atoms with Crippen LogP contribution in [0.4, 0.5) is 4.79 Å². The third-order valence-electron chi connectivity index (χ3n) is 5.11. The number of benzene rings is 1. The molecule has 2 saturated heterocycles. The highest BCUT2D eigenvalue weighted by molar-refractivity contribution is 5.97. The Morgan fingerprint density at radius 1 is 1.15 bits per heavy atom. The van der Waals surface area contributed by atoms with Crippen LogP contribution in [0.5, 0.6) is 11.5 Å². The van der Waals surface area contributed by atoms with Crippen molar-refractivity contribution in [2.75, 3.05) is 33.9 Å². The Labute approximate surface area is 157 Å². The van der Waals surface area contributed by atoms with Gasteiger partial charge in [0, 0.05) is 31.5 Å². The second-order valence-electron chi connectivity index (χ2n) is 6.80. The molecule has 0 aromatic heterocycles. The molecule has 0 aliphatic carbocycles. The fourth-order valence-corrected chi connectivity index (χ4v) is 3.51. The van der Waals surface area contributed by atoms with E-state index in [1.165, 1.54) is 21.1 Å². The van der Waals surface area contributed by atoms with Crippen molar-refractivity contribution in [1.82, 2.24) is 4.90 Å². The van der Waals surface area contributed by atoms with E-state index in [1.807, 2.05) is 0 Å². The van der Waals surface area contributed by atoms with Crippen LogP contribution in [0.15, 0.2) is 12.1 Å². The molecular formula is C19H23NO7. The van der Waals surface area contributed by atoms with Gasteiger partial charge in [-0.05, 0) is 24.6 Å². The molecule has 146 valence electrons. The molecule has 0 unspecified atom stereocenters. The minimum atomic E-state index is -0.647. The van der Waals surface area contributed by atoms with Crippen molar-refractivity contribution in [2.24, 2.45) is 0 Å². The van der Waals surface area contributed by atoms with Crippen LogP contribution < -0.4 is 9.47 Å². The number of likely N-dealkylation sites (tertiary alicyclic amines) is 1. The van der Waals surface area contributed by atoms with Crippen LogP contribution >= 0.6 is 0 Å². The molecule has 0 atom stereocenters. The lowest BCUT2D eigenvalue weighted by Gasteiger charge is -2.36. The summed E-state index contributed by atoms with van der Waals surface area (Å²) in [5.74, 6) is 0.677. The standard InChI is InChI=1S/C19H23NO7/c1-12(21)14-10-16(25-3)15(24-2)8-13(14)9-17(22)20-6-4-19(5-7-20)11-26-18(23)27-19/h8,10H,4-7,9,11H2,1-3H3. The molecular weight excluding hydrogens is 354 g/mol. The molecule has 1 amide bonds. The van der Waals surface area contributed by atoms with E-state index >= 15 is 0 Å². The van der Waals surface area contributed by atoms with Gasteiger partial charge in [-0.2, -0.15) is 0 Å². The molecule has 8 heteroatoms. The van der Waals surface area contributed by atoms with Gasteiger partial charge in [0.1, 0.15) is 6.61 Å². The molecule has 1 aromatic rings. The molecule has 1 spiro atoms. The molecule has 3 rings (SSSR count). The van der Waals surface area contributed by atoms with Gasteiger partial charge in [0.05, 0.1) is 20.6 Å². The summed E-state index contributed by atoms with van der Waals surface area (Å²) < 4.78 is 20.7. The number of cyclic esters (lactones) is 1. The first kappa shape index (κ1) is 19.0. The lowest BCUT2D eigenvalue weighted by atomic mass is 9.91. The van der Waals surface area contributed by atoms with Crippen LogP contribution in [0.1, 0.15) is 35.7 Å². The van der Waals surface area contributed by atoms with Crippen LogP contribution in [-0.2, 0) is 20.7 Å². The van der Waals surface area contributed by atoms with Crippen molar-refractivity contribution in [3.8, 4) is 11.5 Å². The summed E-state index contributed by atoms with van der Waals surface area (Å²) >= 11 is 0. The van der Waals surface area contributed by atoms with Crippen LogP contribution in [0, 0.1) is 0 Å². The van der Waals surface area contributed by atoms with Crippen molar-refractivity contribution in [1.29, 1.82) is 0 Å². The average molecular weight is 377 g/mol. The zero-order valence-electron chi connectivity index (χ0n) is 15.7. The topological polar surface area (TPSA) is 91.4 Å². The van der Waals surface area contributed by atoms with Crippen molar-refractivity contribution in [2.45, 2.75) is 31.8 Å². The second kappa shape index (κ2) is 7.46. The van der Waals surface area contributed by atoms with E-state index in [1.54, 1.807) is 17.0 Å². The van der Waals surface area contributed by atoms with E-state index < -0.39 is 11.8 Å². The Morgan fingerprint density at radius 2 is 1.78 bits per heavy atom. The van der Waals surface area contributed by atoms with Crippen LogP contribution in [0.3, 0.4) is 0 Å². The van der Waals surface area contributed by atoms with Crippen LogP contribution in [-0.4, -0.2) is 62.3 Å². The highest BCUT2D eigenvalue weighted by atomic mass is 16.8. The average Bonchev–Trinajstić information content (AvgIpc) is 3.01. The summed E-state index contributed by atoms with van der Waals surface area (Å²) in [5.41, 5.74) is 0.426. The molecule has 0 saturated carbocycles. The first-order chi connectivity index (χ1) is 12.9. The largest absolute Gasteiger partial charge is 0.509 e. The zero-order valence-corrected chi connectivity index (χ0v) is 15.7. The number of nitrogens with zero attached hydrogens (tertiary/aromatic N) is 1. The lowest BCUT2D eigenvalue weighted by Crippen LogP contribution is -2.48. The number of carbonyl (C=O) groups excluding carboxylic acids is 3. The lowest BCUT2D eigenvalue weighted by molar-refractivity contribution is -0.133. The number of rotatable bonds is 5. The van der Waals surface area contributed by atoms with Crippen molar-refractivity contribution in [3.63, 3.8) is 0 Å². The number of carbonyl (C=O) groups is 3. The Morgan fingerprint density at radius 3 is 2.30 bits per heavy atom. The van der Waals surface area contributed by atoms with Crippen LogP contribution in [0.2, 0.25) is 0 Å². The number of hydrogen-bond donors (Lipinski definition) is 0. The van der Waals surface area contributed by atoms with Gasteiger partial charge in [-0.15, -0.1) is 0 Å². The molecule has 1 aromatic carbocycles. The SMILES string of the molecule is COc1cc(CC(=O)N2CCC3(CC2)COC(=O)O3)c(C(C)=O)cc1OC. The number of piperidine rings is 1. The van der Waals surface area contributed by atoms with Crippen LogP contribution in [0.25, 0.3) is 0 Å². The summed E-state index contributed by atoms with van der Waals surface area (Å²) in [4.78, 5) is 37.7. The van der Waals surface area contributed by atoms with Crippen molar-refractivity contribution < 1.29 is 33.3 Å². The number of methoxy groups -OCH3 is 2. The predicted octanol–water partition coefficient (Wildman–Crippen LogP) is 1.98. The quantitative estimate of drug-likeness (QED) is 0.572. The maximum Gasteiger partial charge on any atom is 0.509 e. The van der Waals surface area contributed by atoms with E-state index in [4.69, 9.17) is 18.9 Å². The number of ketones is 1. The monoisotopic (exact) mass is 377 g/mol. The van der Waals surface area contributed by atoms with Gasteiger partial charge >= 0.3 is 6.16 Å². The fraction of sp³-hybridized carbons (Fsp3) is 0.526. The van der Waals surface area contributed by atoms with Gasteiger partial charge in [-0.3, -0.25) is 9.59 Å². The summed E-state index contributed by atoms with van der Waals surface area (Å²) in [5, 5.41) is 0. The molecule has 0 N–H and O–H groups in total. The number of hydrogen-bond acceptors (Lipinski definition) is 7. The Kier molecular flexibility index (Phi) is 5.25. The molecule has 2 aliphatic rings. The van der Waals surface area contributed by atoms with Crippen molar-refractivity contribution >= 4 is 17.8 Å². The highest BCUT2D eigenvalue weighted by Gasteiger charge is 2.45. The van der Waals surface area contributed by atoms with Gasteiger partial charge in [0.25, 0.3) is 0 Å².